The van der Waals surface area contributed by atoms with Crippen LogP contribution in [0.5, 0.6) is 5.75 Å². The van der Waals surface area contributed by atoms with Crippen molar-refractivity contribution in [3.63, 3.8) is 0 Å². The third kappa shape index (κ3) is 6.41. The molecule has 0 spiro atoms. The lowest BCUT2D eigenvalue weighted by atomic mass is 10.0. The monoisotopic (exact) mass is 608 g/mol. The van der Waals surface area contributed by atoms with Crippen LogP contribution in [0.4, 0.5) is 5.69 Å². The Balaban J connectivity index is 1.35. The van der Waals surface area contributed by atoms with Crippen molar-refractivity contribution >= 4 is 43.4 Å². The lowest BCUT2D eigenvalue weighted by Crippen LogP contribution is -2.29. The van der Waals surface area contributed by atoms with Crippen molar-refractivity contribution in [3.05, 3.63) is 120 Å². The SMILES string of the molecule is CCC(/C=C1\Oc2ccc(-c3ccccc3)cc2N1CCCS(=O)(=O)[O-])=C\c1sc2ccc(-c3ccccc3)cc2[n+]1C. The van der Waals surface area contributed by atoms with Crippen molar-refractivity contribution in [3.8, 4) is 28.0 Å². The Labute approximate surface area is 256 Å². The number of allylic oxidation sites excluding steroid dienone is 2. The maximum atomic E-state index is 11.4. The minimum Gasteiger partial charge on any atom is -0.748 e. The van der Waals surface area contributed by atoms with Gasteiger partial charge in [0.2, 0.25) is 11.4 Å². The van der Waals surface area contributed by atoms with E-state index in [1.54, 1.807) is 11.3 Å². The molecule has 1 aromatic heterocycles. The minimum absolute atomic E-state index is 0.196. The fourth-order valence-electron chi connectivity index (χ4n) is 5.31. The first kappa shape index (κ1) is 28.9. The Morgan fingerprint density at radius 2 is 1.56 bits per heavy atom. The molecule has 6 nitrogen and oxygen atoms in total. The molecule has 0 atom stereocenters. The van der Waals surface area contributed by atoms with Gasteiger partial charge in [-0.05, 0) is 58.9 Å². The summed E-state index contributed by atoms with van der Waals surface area (Å²) in [6.45, 7) is 2.45. The summed E-state index contributed by atoms with van der Waals surface area (Å²) >= 11 is 1.74. The molecule has 5 aromatic rings. The van der Waals surface area contributed by atoms with Gasteiger partial charge in [0.15, 0.2) is 5.75 Å². The van der Waals surface area contributed by atoms with Crippen molar-refractivity contribution < 1.29 is 22.3 Å². The van der Waals surface area contributed by atoms with Crippen LogP contribution >= 0.6 is 11.3 Å². The second kappa shape index (κ2) is 12.2. The zero-order chi connectivity index (χ0) is 30.0. The number of hydrogen-bond donors (Lipinski definition) is 0. The standard InChI is InChI=1S/C35H32N2O4S2/c1-3-25(22-35-36(2)31-24-29(16-18-33(31)42-35)27-13-8-5-9-14-27)21-34-37(19-10-20-43(38,39)40)30-23-28(15-17-32(30)41-34)26-11-6-4-7-12-26/h4-9,11-18,21-24H,3,10,19-20H2,1-2H3. The molecule has 218 valence electrons. The predicted molar refractivity (Wildman–Crippen MR) is 174 cm³/mol. The molecule has 0 bridgehead atoms. The Hall–Kier alpha value is -4.24. The largest absolute Gasteiger partial charge is 0.748 e. The number of hydrogen-bond acceptors (Lipinski definition) is 6. The molecule has 6 rings (SSSR count). The van der Waals surface area contributed by atoms with Gasteiger partial charge in [0.1, 0.15) is 11.7 Å². The molecule has 0 saturated carbocycles. The highest BCUT2D eigenvalue weighted by Crippen LogP contribution is 2.42. The molecule has 43 heavy (non-hydrogen) atoms. The number of benzene rings is 4. The number of nitrogens with zero attached hydrogens (tertiary/aromatic N) is 2. The molecule has 0 fully saturated rings. The minimum atomic E-state index is -4.32. The van der Waals surface area contributed by atoms with E-state index in [0.29, 0.717) is 18.2 Å². The van der Waals surface area contributed by atoms with E-state index in [-0.39, 0.29) is 6.42 Å². The second-order valence-electron chi connectivity index (χ2n) is 10.5. The highest BCUT2D eigenvalue weighted by atomic mass is 32.2. The molecule has 1 aliphatic rings. The van der Waals surface area contributed by atoms with Crippen molar-refractivity contribution in [2.45, 2.75) is 19.8 Å². The van der Waals surface area contributed by atoms with Crippen LogP contribution in [0.3, 0.4) is 0 Å². The van der Waals surface area contributed by atoms with E-state index in [0.717, 1.165) is 33.8 Å². The first-order valence-corrected chi connectivity index (χ1v) is 16.7. The highest BCUT2D eigenvalue weighted by molar-refractivity contribution is 7.85. The number of thiazole rings is 1. The Bertz CT molecular complexity index is 1950. The Morgan fingerprint density at radius 1 is 0.907 bits per heavy atom. The molecular weight excluding hydrogens is 577 g/mol. The van der Waals surface area contributed by atoms with E-state index < -0.39 is 15.9 Å². The Kier molecular flexibility index (Phi) is 8.17. The average molecular weight is 609 g/mol. The third-order valence-corrected chi connectivity index (χ3v) is 9.57. The van der Waals surface area contributed by atoms with Gasteiger partial charge < -0.3 is 14.2 Å². The lowest BCUT2D eigenvalue weighted by molar-refractivity contribution is -0.642. The van der Waals surface area contributed by atoms with Gasteiger partial charge in [-0.15, -0.1) is 0 Å². The van der Waals surface area contributed by atoms with E-state index >= 15 is 0 Å². The fraction of sp³-hybridized carbons (Fsp3) is 0.171. The van der Waals surface area contributed by atoms with Crippen LogP contribution in [0.1, 0.15) is 24.8 Å². The highest BCUT2D eigenvalue weighted by Gasteiger charge is 2.27. The van der Waals surface area contributed by atoms with Crippen molar-refractivity contribution in [2.24, 2.45) is 7.05 Å². The summed E-state index contributed by atoms with van der Waals surface area (Å²) in [7, 11) is -2.23. The number of aromatic nitrogens is 1. The molecule has 0 amide bonds. The van der Waals surface area contributed by atoms with E-state index in [4.69, 9.17) is 4.74 Å². The first-order chi connectivity index (χ1) is 20.8. The van der Waals surface area contributed by atoms with Gasteiger partial charge in [0, 0.05) is 30.5 Å². The average Bonchev–Trinajstić information content (AvgIpc) is 3.52. The number of ether oxygens (including phenoxy) is 1. The maximum Gasteiger partial charge on any atom is 0.262 e. The lowest BCUT2D eigenvalue weighted by Gasteiger charge is -2.19. The van der Waals surface area contributed by atoms with Crippen LogP contribution in [0.2, 0.25) is 0 Å². The molecule has 0 aliphatic carbocycles. The second-order valence-corrected chi connectivity index (χ2v) is 13.1. The van der Waals surface area contributed by atoms with E-state index in [9.17, 15) is 13.0 Å². The van der Waals surface area contributed by atoms with E-state index in [1.165, 1.54) is 21.3 Å². The molecule has 0 unspecified atom stereocenters. The van der Waals surface area contributed by atoms with Gasteiger partial charge in [0.05, 0.1) is 15.8 Å². The summed E-state index contributed by atoms with van der Waals surface area (Å²) in [6, 6.07) is 33.0. The maximum absolute atomic E-state index is 11.4. The third-order valence-electron chi connectivity index (χ3n) is 7.61. The van der Waals surface area contributed by atoms with Crippen molar-refractivity contribution in [1.82, 2.24) is 0 Å². The van der Waals surface area contributed by atoms with Crippen LogP contribution in [-0.4, -0.2) is 25.3 Å². The molecule has 8 heteroatoms. The smallest absolute Gasteiger partial charge is 0.262 e. The number of fused-ring (bicyclic) bond motifs is 2. The zero-order valence-electron chi connectivity index (χ0n) is 24.1. The Morgan fingerprint density at radius 3 is 2.21 bits per heavy atom. The van der Waals surface area contributed by atoms with Gasteiger partial charge in [-0.1, -0.05) is 91.1 Å². The van der Waals surface area contributed by atoms with E-state index in [2.05, 4.69) is 73.1 Å². The molecule has 4 aromatic carbocycles. The van der Waals surface area contributed by atoms with Crippen LogP contribution in [0, 0.1) is 0 Å². The van der Waals surface area contributed by atoms with Crippen molar-refractivity contribution in [1.29, 1.82) is 0 Å². The number of rotatable bonds is 9. The van der Waals surface area contributed by atoms with Crippen LogP contribution in [0.15, 0.2) is 115 Å². The summed E-state index contributed by atoms with van der Waals surface area (Å²) in [6.07, 6.45) is 5.17. The van der Waals surface area contributed by atoms with Crippen LogP contribution in [0.25, 0.3) is 38.5 Å². The topological polar surface area (TPSA) is 73.5 Å². The molecule has 0 radical (unpaired) electrons. The molecule has 2 heterocycles. The van der Waals surface area contributed by atoms with Gasteiger partial charge in [-0.3, -0.25) is 0 Å². The fourth-order valence-corrected chi connectivity index (χ4v) is 6.90. The zero-order valence-corrected chi connectivity index (χ0v) is 25.7. The summed E-state index contributed by atoms with van der Waals surface area (Å²) in [5.41, 5.74) is 7.56. The van der Waals surface area contributed by atoms with Gasteiger partial charge in [0.25, 0.3) is 5.01 Å². The summed E-state index contributed by atoms with van der Waals surface area (Å²) in [5, 5.41) is 1.11. The molecular formula is C35H32N2O4S2. The summed E-state index contributed by atoms with van der Waals surface area (Å²) < 4.78 is 43.9. The van der Waals surface area contributed by atoms with Gasteiger partial charge in [-0.25, -0.2) is 8.42 Å². The molecule has 1 aliphatic heterocycles. The van der Waals surface area contributed by atoms with Crippen LogP contribution in [-0.2, 0) is 17.2 Å². The van der Waals surface area contributed by atoms with Crippen molar-refractivity contribution in [2.75, 3.05) is 17.2 Å². The first-order valence-electron chi connectivity index (χ1n) is 14.3. The normalized spacial score (nSPS) is 14.3. The number of anilines is 1. The number of aryl methyl sites for hydroxylation is 1. The van der Waals surface area contributed by atoms with Gasteiger partial charge in [-0.2, -0.15) is 4.57 Å². The van der Waals surface area contributed by atoms with Gasteiger partial charge >= 0.3 is 0 Å². The van der Waals surface area contributed by atoms with E-state index in [1.807, 2.05) is 59.5 Å². The molecule has 0 saturated heterocycles. The quantitative estimate of drug-likeness (QED) is 0.128. The summed E-state index contributed by atoms with van der Waals surface area (Å²) in [4.78, 5) is 1.98. The molecule has 0 N–H and O–H groups in total. The van der Waals surface area contributed by atoms with Crippen LogP contribution < -0.4 is 14.2 Å². The summed E-state index contributed by atoms with van der Waals surface area (Å²) in [5.74, 6) is 0.891. The predicted octanol–water partition coefficient (Wildman–Crippen LogP) is 7.53.